The number of thioether (sulfide) groups is 1. The van der Waals surface area contributed by atoms with E-state index >= 15 is 0 Å². The quantitative estimate of drug-likeness (QED) is 0.732. The summed E-state index contributed by atoms with van der Waals surface area (Å²) in [5, 5.41) is 6.42. The molecule has 2 N–H and O–H groups in total. The maximum atomic E-state index is 11.3. The zero-order valence-electron chi connectivity index (χ0n) is 9.01. The highest BCUT2D eigenvalue weighted by Gasteiger charge is 2.20. The van der Waals surface area contributed by atoms with Gasteiger partial charge in [-0.1, -0.05) is 0 Å². The summed E-state index contributed by atoms with van der Waals surface area (Å²) in [4.78, 5) is 11.3. The Kier molecular flexibility index (Phi) is 5.33. The Hall–Kier alpha value is -0.220. The summed E-state index contributed by atoms with van der Waals surface area (Å²) in [5.41, 5.74) is 0. The standard InChI is InChI=1S/C10H20N2OS/c1-8(12-10(13)7-14-2)9-4-3-5-11-6-9/h8-9,11H,3-7H2,1-2H3,(H,12,13). The fourth-order valence-electron chi connectivity index (χ4n) is 1.85. The predicted molar refractivity (Wildman–Crippen MR) is 61.6 cm³/mol. The number of carbonyl (C=O) groups excluding carboxylic acids is 1. The molecule has 1 amide bonds. The highest BCUT2D eigenvalue weighted by atomic mass is 32.2. The second-order valence-electron chi connectivity index (χ2n) is 3.90. The van der Waals surface area contributed by atoms with Crippen molar-refractivity contribution in [3.05, 3.63) is 0 Å². The molecule has 0 aromatic heterocycles. The molecule has 0 aliphatic carbocycles. The smallest absolute Gasteiger partial charge is 0.230 e. The molecule has 2 atom stereocenters. The molecule has 0 radical (unpaired) electrons. The van der Waals surface area contributed by atoms with Crippen LogP contribution >= 0.6 is 11.8 Å². The molecule has 14 heavy (non-hydrogen) atoms. The van der Waals surface area contributed by atoms with Gasteiger partial charge in [-0.05, 0) is 45.0 Å². The largest absolute Gasteiger partial charge is 0.353 e. The molecule has 0 aromatic rings. The highest BCUT2D eigenvalue weighted by molar-refractivity contribution is 7.99. The van der Waals surface area contributed by atoms with Gasteiger partial charge in [0.05, 0.1) is 5.75 Å². The number of rotatable bonds is 4. The Morgan fingerprint density at radius 3 is 3.07 bits per heavy atom. The van der Waals surface area contributed by atoms with E-state index in [1.165, 1.54) is 12.8 Å². The first-order valence-corrected chi connectivity index (χ1v) is 6.62. The maximum Gasteiger partial charge on any atom is 0.230 e. The first-order chi connectivity index (χ1) is 6.74. The third kappa shape index (κ3) is 3.88. The molecule has 82 valence electrons. The molecule has 0 spiro atoms. The van der Waals surface area contributed by atoms with Gasteiger partial charge in [0.1, 0.15) is 0 Å². The Balaban J connectivity index is 2.25. The van der Waals surface area contributed by atoms with E-state index in [-0.39, 0.29) is 5.91 Å². The number of hydrogen-bond donors (Lipinski definition) is 2. The topological polar surface area (TPSA) is 41.1 Å². The van der Waals surface area contributed by atoms with Crippen LogP contribution in [-0.4, -0.2) is 37.0 Å². The van der Waals surface area contributed by atoms with Crippen molar-refractivity contribution >= 4 is 17.7 Å². The monoisotopic (exact) mass is 216 g/mol. The average Bonchev–Trinajstić information content (AvgIpc) is 2.19. The number of carbonyl (C=O) groups is 1. The Morgan fingerprint density at radius 2 is 2.50 bits per heavy atom. The molecule has 3 nitrogen and oxygen atoms in total. The second kappa shape index (κ2) is 6.30. The van der Waals surface area contributed by atoms with Crippen molar-refractivity contribution in [1.82, 2.24) is 10.6 Å². The maximum absolute atomic E-state index is 11.3. The number of hydrogen-bond acceptors (Lipinski definition) is 3. The first-order valence-electron chi connectivity index (χ1n) is 5.23. The van der Waals surface area contributed by atoms with Gasteiger partial charge in [0, 0.05) is 6.04 Å². The second-order valence-corrected chi connectivity index (χ2v) is 4.76. The lowest BCUT2D eigenvalue weighted by Gasteiger charge is -2.28. The van der Waals surface area contributed by atoms with Crippen LogP contribution in [0.4, 0.5) is 0 Å². The van der Waals surface area contributed by atoms with Crippen molar-refractivity contribution in [2.45, 2.75) is 25.8 Å². The van der Waals surface area contributed by atoms with Crippen molar-refractivity contribution in [1.29, 1.82) is 0 Å². The minimum Gasteiger partial charge on any atom is -0.353 e. The summed E-state index contributed by atoms with van der Waals surface area (Å²) >= 11 is 1.57. The Morgan fingerprint density at radius 1 is 1.71 bits per heavy atom. The van der Waals surface area contributed by atoms with Gasteiger partial charge in [0.25, 0.3) is 0 Å². The molecule has 0 bridgehead atoms. The molecule has 0 saturated carbocycles. The normalized spacial score (nSPS) is 24.3. The van der Waals surface area contributed by atoms with Crippen LogP contribution in [-0.2, 0) is 4.79 Å². The molecule has 1 aliphatic heterocycles. The van der Waals surface area contributed by atoms with Gasteiger partial charge in [-0.2, -0.15) is 11.8 Å². The molecule has 1 fully saturated rings. The van der Waals surface area contributed by atoms with Gasteiger partial charge in [-0.15, -0.1) is 0 Å². The van der Waals surface area contributed by atoms with E-state index < -0.39 is 0 Å². The summed E-state index contributed by atoms with van der Waals surface area (Å²) in [6, 6.07) is 0.308. The molecular formula is C10H20N2OS. The van der Waals surface area contributed by atoms with Crippen LogP contribution in [0.1, 0.15) is 19.8 Å². The third-order valence-corrected chi connectivity index (χ3v) is 3.26. The van der Waals surface area contributed by atoms with Crippen molar-refractivity contribution < 1.29 is 4.79 Å². The van der Waals surface area contributed by atoms with Gasteiger partial charge in [0.15, 0.2) is 0 Å². The molecular weight excluding hydrogens is 196 g/mol. The van der Waals surface area contributed by atoms with E-state index in [1.54, 1.807) is 11.8 Å². The molecule has 2 unspecified atom stereocenters. The zero-order valence-corrected chi connectivity index (χ0v) is 9.82. The Labute approximate surface area is 90.4 Å². The van der Waals surface area contributed by atoms with Crippen molar-refractivity contribution in [3.63, 3.8) is 0 Å². The molecule has 1 saturated heterocycles. The van der Waals surface area contributed by atoms with Gasteiger partial charge in [-0.25, -0.2) is 0 Å². The third-order valence-electron chi connectivity index (χ3n) is 2.71. The molecule has 4 heteroatoms. The SMILES string of the molecule is CSCC(=O)NC(C)C1CCCNC1. The summed E-state index contributed by atoms with van der Waals surface area (Å²) < 4.78 is 0. The summed E-state index contributed by atoms with van der Waals surface area (Å²) in [6.07, 6.45) is 4.41. The van der Waals surface area contributed by atoms with Crippen LogP contribution in [0.15, 0.2) is 0 Å². The molecule has 1 rings (SSSR count). The minimum absolute atomic E-state index is 0.163. The van der Waals surface area contributed by atoms with Crippen LogP contribution in [0, 0.1) is 5.92 Å². The van der Waals surface area contributed by atoms with Gasteiger partial charge >= 0.3 is 0 Å². The van der Waals surface area contributed by atoms with Crippen LogP contribution < -0.4 is 10.6 Å². The number of nitrogens with one attached hydrogen (secondary N) is 2. The molecule has 0 aromatic carbocycles. The minimum atomic E-state index is 0.163. The lowest BCUT2D eigenvalue weighted by Crippen LogP contribution is -2.45. The van der Waals surface area contributed by atoms with Gasteiger partial charge < -0.3 is 10.6 Å². The summed E-state index contributed by atoms with van der Waals surface area (Å²) in [6.45, 7) is 4.28. The number of piperidine rings is 1. The van der Waals surface area contributed by atoms with Crippen molar-refractivity contribution in [2.75, 3.05) is 25.1 Å². The first kappa shape index (κ1) is 11.9. The van der Waals surface area contributed by atoms with Crippen LogP contribution in [0.25, 0.3) is 0 Å². The van der Waals surface area contributed by atoms with E-state index in [0.717, 1.165) is 13.1 Å². The van der Waals surface area contributed by atoms with Crippen molar-refractivity contribution in [2.24, 2.45) is 5.92 Å². The predicted octanol–water partition coefficient (Wildman–Crippen LogP) is 0.854. The molecule has 1 heterocycles. The van der Waals surface area contributed by atoms with E-state index in [4.69, 9.17) is 0 Å². The van der Waals surface area contributed by atoms with E-state index in [0.29, 0.717) is 17.7 Å². The van der Waals surface area contributed by atoms with Crippen LogP contribution in [0.5, 0.6) is 0 Å². The summed E-state index contributed by atoms with van der Waals surface area (Å²) in [7, 11) is 0. The van der Waals surface area contributed by atoms with Crippen LogP contribution in [0.3, 0.4) is 0 Å². The van der Waals surface area contributed by atoms with E-state index in [2.05, 4.69) is 17.6 Å². The van der Waals surface area contributed by atoms with E-state index in [1.807, 2.05) is 6.26 Å². The average molecular weight is 216 g/mol. The van der Waals surface area contributed by atoms with Gasteiger partial charge in [0.2, 0.25) is 5.91 Å². The summed E-state index contributed by atoms with van der Waals surface area (Å²) in [5.74, 6) is 1.34. The zero-order chi connectivity index (χ0) is 10.4. The molecule has 1 aliphatic rings. The number of amides is 1. The van der Waals surface area contributed by atoms with Gasteiger partial charge in [-0.3, -0.25) is 4.79 Å². The lowest BCUT2D eigenvalue weighted by atomic mass is 9.93. The lowest BCUT2D eigenvalue weighted by molar-refractivity contribution is -0.119. The highest BCUT2D eigenvalue weighted by Crippen LogP contribution is 2.14. The van der Waals surface area contributed by atoms with Crippen LogP contribution in [0.2, 0.25) is 0 Å². The van der Waals surface area contributed by atoms with Crippen molar-refractivity contribution in [3.8, 4) is 0 Å². The fraction of sp³-hybridized carbons (Fsp3) is 0.900. The fourth-order valence-corrected chi connectivity index (χ4v) is 2.20. The van der Waals surface area contributed by atoms with E-state index in [9.17, 15) is 4.79 Å². The Bertz CT molecular complexity index is 181.